The minimum Gasteiger partial charge on any atom is -0.494 e. The SMILES string of the molecule is COc1ccc(C)c2c(C)cc(-c3ccccc3)nc12. The number of benzene rings is 2. The van der Waals surface area contributed by atoms with Gasteiger partial charge in [-0.05, 0) is 37.1 Å². The van der Waals surface area contributed by atoms with Crippen LogP contribution in [0.25, 0.3) is 22.2 Å². The van der Waals surface area contributed by atoms with Crippen molar-refractivity contribution < 1.29 is 4.74 Å². The summed E-state index contributed by atoms with van der Waals surface area (Å²) in [5, 5.41) is 1.18. The molecule has 0 bridgehead atoms. The second-order valence-corrected chi connectivity index (χ2v) is 5.00. The zero-order chi connectivity index (χ0) is 14.1. The van der Waals surface area contributed by atoms with Crippen LogP contribution >= 0.6 is 0 Å². The van der Waals surface area contributed by atoms with Crippen molar-refractivity contribution in [2.75, 3.05) is 7.11 Å². The number of pyridine rings is 1. The van der Waals surface area contributed by atoms with Gasteiger partial charge in [0.25, 0.3) is 0 Å². The zero-order valence-corrected chi connectivity index (χ0v) is 12.0. The van der Waals surface area contributed by atoms with Crippen LogP contribution in [0.1, 0.15) is 11.1 Å². The number of hydrogen-bond acceptors (Lipinski definition) is 2. The van der Waals surface area contributed by atoms with Gasteiger partial charge in [0.2, 0.25) is 0 Å². The van der Waals surface area contributed by atoms with Crippen LogP contribution in [0.5, 0.6) is 5.75 Å². The summed E-state index contributed by atoms with van der Waals surface area (Å²) in [6.07, 6.45) is 0. The van der Waals surface area contributed by atoms with Gasteiger partial charge in [0.1, 0.15) is 11.3 Å². The molecule has 100 valence electrons. The van der Waals surface area contributed by atoms with Gasteiger partial charge < -0.3 is 4.74 Å². The van der Waals surface area contributed by atoms with Gasteiger partial charge in [-0.15, -0.1) is 0 Å². The van der Waals surface area contributed by atoms with Gasteiger partial charge in [0, 0.05) is 10.9 Å². The number of rotatable bonds is 2. The summed E-state index contributed by atoms with van der Waals surface area (Å²) >= 11 is 0. The number of fused-ring (bicyclic) bond motifs is 1. The fourth-order valence-corrected chi connectivity index (χ4v) is 2.63. The fourth-order valence-electron chi connectivity index (χ4n) is 2.63. The molecule has 3 rings (SSSR count). The van der Waals surface area contributed by atoms with E-state index < -0.39 is 0 Å². The van der Waals surface area contributed by atoms with Gasteiger partial charge in [0.05, 0.1) is 12.8 Å². The van der Waals surface area contributed by atoms with Crippen LogP contribution < -0.4 is 4.74 Å². The Morgan fingerprint density at radius 3 is 2.35 bits per heavy atom. The first kappa shape index (κ1) is 12.7. The van der Waals surface area contributed by atoms with Gasteiger partial charge in [-0.3, -0.25) is 0 Å². The lowest BCUT2D eigenvalue weighted by Crippen LogP contribution is -1.94. The number of ether oxygens (including phenoxy) is 1. The molecule has 3 aromatic rings. The molecule has 0 aliphatic carbocycles. The number of aryl methyl sites for hydroxylation is 2. The van der Waals surface area contributed by atoms with Crippen LogP contribution in [0.3, 0.4) is 0 Å². The molecule has 0 radical (unpaired) electrons. The third kappa shape index (κ3) is 2.03. The van der Waals surface area contributed by atoms with E-state index >= 15 is 0 Å². The Morgan fingerprint density at radius 1 is 0.900 bits per heavy atom. The van der Waals surface area contributed by atoms with Crippen molar-refractivity contribution in [1.82, 2.24) is 4.98 Å². The highest BCUT2D eigenvalue weighted by molar-refractivity contribution is 5.92. The van der Waals surface area contributed by atoms with E-state index in [0.29, 0.717) is 0 Å². The molecule has 2 aromatic carbocycles. The lowest BCUT2D eigenvalue weighted by molar-refractivity contribution is 0.419. The quantitative estimate of drug-likeness (QED) is 0.677. The molecule has 0 N–H and O–H groups in total. The molecule has 0 spiro atoms. The Hall–Kier alpha value is -2.35. The van der Waals surface area contributed by atoms with Crippen molar-refractivity contribution in [3.63, 3.8) is 0 Å². The first-order chi connectivity index (χ1) is 9.70. The topological polar surface area (TPSA) is 22.1 Å². The van der Waals surface area contributed by atoms with E-state index in [9.17, 15) is 0 Å². The molecule has 20 heavy (non-hydrogen) atoms. The fraction of sp³-hybridized carbons (Fsp3) is 0.167. The minimum absolute atomic E-state index is 0.825. The smallest absolute Gasteiger partial charge is 0.145 e. The molecule has 0 unspecified atom stereocenters. The van der Waals surface area contributed by atoms with Crippen LogP contribution in [0.15, 0.2) is 48.5 Å². The van der Waals surface area contributed by atoms with Crippen LogP contribution in [-0.2, 0) is 0 Å². The minimum atomic E-state index is 0.825. The monoisotopic (exact) mass is 263 g/mol. The van der Waals surface area contributed by atoms with Gasteiger partial charge >= 0.3 is 0 Å². The Bertz CT molecular complexity index is 763. The van der Waals surface area contributed by atoms with Crippen LogP contribution in [0.2, 0.25) is 0 Å². The van der Waals surface area contributed by atoms with Gasteiger partial charge in [-0.25, -0.2) is 4.98 Å². The predicted molar refractivity (Wildman–Crippen MR) is 83.2 cm³/mol. The Balaban J connectivity index is 2.33. The van der Waals surface area contributed by atoms with E-state index in [4.69, 9.17) is 9.72 Å². The third-order valence-electron chi connectivity index (χ3n) is 3.62. The van der Waals surface area contributed by atoms with Gasteiger partial charge in [-0.2, -0.15) is 0 Å². The highest BCUT2D eigenvalue weighted by Gasteiger charge is 2.11. The number of methoxy groups -OCH3 is 1. The van der Waals surface area contributed by atoms with E-state index in [-0.39, 0.29) is 0 Å². The summed E-state index contributed by atoms with van der Waals surface area (Å²) in [6, 6.07) is 16.4. The maximum Gasteiger partial charge on any atom is 0.145 e. The maximum absolute atomic E-state index is 5.47. The molecule has 2 heteroatoms. The summed E-state index contributed by atoms with van der Waals surface area (Å²) in [5.74, 6) is 0.825. The standard InChI is InChI=1S/C18H17NO/c1-12-9-10-16(20-3)18-17(12)13(2)11-15(19-18)14-7-5-4-6-8-14/h4-11H,1-3H3. The third-order valence-corrected chi connectivity index (χ3v) is 3.62. The first-order valence-corrected chi connectivity index (χ1v) is 6.71. The van der Waals surface area contributed by atoms with Crippen LogP contribution in [0.4, 0.5) is 0 Å². The molecule has 0 aliphatic rings. The van der Waals surface area contributed by atoms with Gasteiger partial charge in [-0.1, -0.05) is 36.4 Å². The summed E-state index contributed by atoms with van der Waals surface area (Å²) < 4.78 is 5.47. The van der Waals surface area contributed by atoms with Gasteiger partial charge in [0.15, 0.2) is 0 Å². The van der Waals surface area contributed by atoms with E-state index in [1.165, 1.54) is 16.5 Å². The van der Waals surface area contributed by atoms with E-state index in [0.717, 1.165) is 22.5 Å². The summed E-state index contributed by atoms with van der Waals surface area (Å²) in [7, 11) is 1.69. The second-order valence-electron chi connectivity index (χ2n) is 5.00. The van der Waals surface area contributed by atoms with Crippen molar-refractivity contribution in [3.8, 4) is 17.0 Å². The molecule has 1 heterocycles. The highest BCUT2D eigenvalue weighted by atomic mass is 16.5. The van der Waals surface area contributed by atoms with Crippen molar-refractivity contribution in [2.24, 2.45) is 0 Å². The van der Waals surface area contributed by atoms with Crippen molar-refractivity contribution >= 4 is 10.9 Å². The molecule has 0 amide bonds. The Kier molecular flexibility index (Phi) is 3.15. The van der Waals surface area contributed by atoms with Crippen molar-refractivity contribution in [2.45, 2.75) is 13.8 Å². The molecule has 2 nitrogen and oxygen atoms in total. The molecular weight excluding hydrogens is 246 g/mol. The number of aromatic nitrogens is 1. The van der Waals surface area contributed by atoms with Crippen LogP contribution in [-0.4, -0.2) is 12.1 Å². The first-order valence-electron chi connectivity index (χ1n) is 6.71. The zero-order valence-electron chi connectivity index (χ0n) is 12.0. The highest BCUT2D eigenvalue weighted by Crippen LogP contribution is 2.32. The Morgan fingerprint density at radius 2 is 1.65 bits per heavy atom. The molecule has 0 fully saturated rings. The summed E-state index contributed by atoms with van der Waals surface area (Å²) in [5.41, 5.74) is 5.50. The molecule has 0 atom stereocenters. The van der Waals surface area contributed by atoms with E-state index in [1.54, 1.807) is 7.11 Å². The predicted octanol–water partition coefficient (Wildman–Crippen LogP) is 4.53. The van der Waals surface area contributed by atoms with Crippen LogP contribution in [0, 0.1) is 13.8 Å². The second kappa shape index (κ2) is 4.97. The summed E-state index contributed by atoms with van der Waals surface area (Å²) in [6.45, 7) is 4.24. The van der Waals surface area contributed by atoms with Crippen molar-refractivity contribution in [1.29, 1.82) is 0 Å². The lowest BCUT2D eigenvalue weighted by atomic mass is 10.0. The number of hydrogen-bond donors (Lipinski definition) is 0. The Labute approximate surface area is 119 Å². The molecule has 0 saturated carbocycles. The molecule has 1 aromatic heterocycles. The number of nitrogens with zero attached hydrogens (tertiary/aromatic N) is 1. The average molecular weight is 263 g/mol. The van der Waals surface area contributed by atoms with Crippen molar-refractivity contribution in [3.05, 3.63) is 59.7 Å². The average Bonchev–Trinajstić information content (AvgIpc) is 2.48. The van der Waals surface area contributed by atoms with E-state index in [1.807, 2.05) is 24.3 Å². The lowest BCUT2D eigenvalue weighted by Gasteiger charge is -2.12. The van der Waals surface area contributed by atoms with E-state index in [2.05, 4.69) is 38.1 Å². The molecule has 0 aliphatic heterocycles. The summed E-state index contributed by atoms with van der Waals surface area (Å²) in [4.78, 5) is 4.81. The normalized spacial score (nSPS) is 10.8. The molecular formula is C18H17NO. The maximum atomic E-state index is 5.47. The molecule has 0 saturated heterocycles. The largest absolute Gasteiger partial charge is 0.494 e.